The quantitative estimate of drug-likeness (QED) is 0.491. The van der Waals surface area contributed by atoms with Crippen molar-refractivity contribution in [2.24, 2.45) is 5.92 Å². The number of fused-ring (bicyclic) bond motifs is 3. The molecule has 0 spiro atoms. The van der Waals surface area contributed by atoms with E-state index in [4.69, 9.17) is 9.15 Å². The molecule has 1 amide bonds. The molecule has 1 N–H and O–H groups in total. The second-order valence-electron chi connectivity index (χ2n) is 8.06. The van der Waals surface area contributed by atoms with Gasteiger partial charge in [0.25, 0.3) is 0 Å². The maximum Gasteiger partial charge on any atom is 0.225 e. The molecule has 0 unspecified atom stereocenters. The van der Waals surface area contributed by atoms with Crippen molar-refractivity contribution in [3.63, 3.8) is 0 Å². The van der Waals surface area contributed by atoms with Crippen LogP contribution in [0.25, 0.3) is 22.1 Å². The summed E-state index contributed by atoms with van der Waals surface area (Å²) in [5, 5.41) is 4.07. The van der Waals surface area contributed by atoms with Crippen LogP contribution in [-0.2, 0) is 11.3 Å². The number of para-hydroxylation sites is 1. The number of furan rings is 1. The minimum absolute atomic E-state index is 0.0615. The molecule has 0 bridgehead atoms. The van der Waals surface area contributed by atoms with Gasteiger partial charge in [0.15, 0.2) is 11.4 Å². The van der Waals surface area contributed by atoms with Gasteiger partial charge < -0.3 is 19.4 Å². The van der Waals surface area contributed by atoms with Gasteiger partial charge >= 0.3 is 0 Å². The second-order valence-corrected chi connectivity index (χ2v) is 8.06. The molecule has 1 saturated heterocycles. The molecule has 0 aliphatic carbocycles. The standard InChI is InChI=1S/C25H26N4O3/c1-2-31-19-9-5-7-17(13-19)14-26-25(30)18-8-6-12-29(15-18)24-23-22(27-16-28-24)20-10-3-4-11-21(20)32-23/h3-5,7,9-11,13,16,18H,2,6,8,12,14-15H2,1H3,(H,26,30)/t18-/m0/s1. The number of rotatable bonds is 6. The largest absolute Gasteiger partial charge is 0.494 e. The van der Waals surface area contributed by atoms with Crippen LogP contribution >= 0.6 is 0 Å². The molecule has 2 aromatic carbocycles. The molecule has 0 radical (unpaired) electrons. The normalized spacial score (nSPS) is 16.4. The molecule has 1 aliphatic rings. The number of hydrogen-bond acceptors (Lipinski definition) is 6. The molecule has 1 fully saturated rings. The molecule has 5 rings (SSSR count). The number of nitrogens with one attached hydrogen (secondary N) is 1. The van der Waals surface area contributed by atoms with Gasteiger partial charge in [-0.3, -0.25) is 4.79 Å². The summed E-state index contributed by atoms with van der Waals surface area (Å²) in [7, 11) is 0. The van der Waals surface area contributed by atoms with Crippen molar-refractivity contribution in [2.75, 3.05) is 24.6 Å². The molecular formula is C25H26N4O3. The van der Waals surface area contributed by atoms with E-state index in [1.54, 1.807) is 6.33 Å². The van der Waals surface area contributed by atoms with Gasteiger partial charge in [-0.25, -0.2) is 9.97 Å². The molecule has 3 heterocycles. The van der Waals surface area contributed by atoms with E-state index in [1.807, 2.05) is 55.5 Å². The Bertz CT molecular complexity index is 1250. The molecule has 0 saturated carbocycles. The number of amides is 1. The fourth-order valence-corrected chi connectivity index (χ4v) is 4.37. The van der Waals surface area contributed by atoms with E-state index in [-0.39, 0.29) is 11.8 Å². The number of benzene rings is 2. The average Bonchev–Trinajstić information content (AvgIpc) is 3.22. The first-order valence-electron chi connectivity index (χ1n) is 11.1. The summed E-state index contributed by atoms with van der Waals surface area (Å²) in [6.07, 6.45) is 3.36. The Morgan fingerprint density at radius 3 is 3.03 bits per heavy atom. The number of aromatic nitrogens is 2. The highest BCUT2D eigenvalue weighted by Gasteiger charge is 2.28. The van der Waals surface area contributed by atoms with Crippen LogP contribution in [0, 0.1) is 5.92 Å². The number of carbonyl (C=O) groups is 1. The van der Waals surface area contributed by atoms with Gasteiger partial charge in [0.1, 0.15) is 23.2 Å². The fourth-order valence-electron chi connectivity index (χ4n) is 4.37. The summed E-state index contributed by atoms with van der Waals surface area (Å²) in [6, 6.07) is 15.7. The Hall–Kier alpha value is -3.61. The topological polar surface area (TPSA) is 80.5 Å². The highest BCUT2D eigenvalue weighted by atomic mass is 16.5. The molecule has 164 valence electrons. The lowest BCUT2D eigenvalue weighted by Crippen LogP contribution is -2.43. The SMILES string of the molecule is CCOc1cccc(CNC(=O)[C@H]2CCCN(c3ncnc4c3oc3ccccc34)C2)c1. The molecule has 32 heavy (non-hydrogen) atoms. The summed E-state index contributed by atoms with van der Waals surface area (Å²) < 4.78 is 11.6. The molecular weight excluding hydrogens is 404 g/mol. The van der Waals surface area contributed by atoms with Crippen molar-refractivity contribution in [2.45, 2.75) is 26.3 Å². The third-order valence-electron chi connectivity index (χ3n) is 5.91. The first-order chi connectivity index (χ1) is 15.7. The Labute approximate surface area is 186 Å². The van der Waals surface area contributed by atoms with Crippen LogP contribution in [-0.4, -0.2) is 35.6 Å². The van der Waals surface area contributed by atoms with Crippen LogP contribution in [0.2, 0.25) is 0 Å². The van der Waals surface area contributed by atoms with Gasteiger partial charge in [-0.2, -0.15) is 0 Å². The van der Waals surface area contributed by atoms with Crippen molar-refractivity contribution < 1.29 is 13.9 Å². The monoisotopic (exact) mass is 430 g/mol. The summed E-state index contributed by atoms with van der Waals surface area (Å²) in [5.41, 5.74) is 3.32. The van der Waals surface area contributed by atoms with Gasteiger partial charge in [-0.15, -0.1) is 0 Å². The molecule has 7 nitrogen and oxygen atoms in total. The van der Waals surface area contributed by atoms with Crippen molar-refractivity contribution in [3.8, 4) is 5.75 Å². The van der Waals surface area contributed by atoms with Gasteiger partial charge in [-0.05, 0) is 49.6 Å². The third kappa shape index (κ3) is 3.98. The number of carbonyl (C=O) groups excluding carboxylic acids is 1. The van der Waals surface area contributed by atoms with E-state index in [1.165, 1.54) is 0 Å². The van der Waals surface area contributed by atoms with E-state index in [9.17, 15) is 4.79 Å². The van der Waals surface area contributed by atoms with Crippen LogP contribution in [0.15, 0.2) is 59.3 Å². The van der Waals surface area contributed by atoms with Crippen LogP contribution in [0.1, 0.15) is 25.3 Å². The lowest BCUT2D eigenvalue weighted by molar-refractivity contribution is -0.125. The van der Waals surface area contributed by atoms with Crippen LogP contribution in [0.4, 0.5) is 5.82 Å². The molecule has 1 aliphatic heterocycles. The highest BCUT2D eigenvalue weighted by molar-refractivity contribution is 6.05. The lowest BCUT2D eigenvalue weighted by atomic mass is 9.97. The number of anilines is 1. The van der Waals surface area contributed by atoms with Gasteiger partial charge in [0.05, 0.1) is 12.5 Å². The van der Waals surface area contributed by atoms with E-state index in [0.29, 0.717) is 25.3 Å². The Balaban J connectivity index is 1.30. The van der Waals surface area contributed by atoms with E-state index in [0.717, 1.165) is 53.0 Å². The average molecular weight is 431 g/mol. The first-order valence-corrected chi connectivity index (χ1v) is 11.1. The third-order valence-corrected chi connectivity index (χ3v) is 5.91. The van der Waals surface area contributed by atoms with E-state index >= 15 is 0 Å². The smallest absolute Gasteiger partial charge is 0.225 e. The zero-order chi connectivity index (χ0) is 21.9. The zero-order valence-electron chi connectivity index (χ0n) is 18.1. The zero-order valence-corrected chi connectivity index (χ0v) is 18.1. The van der Waals surface area contributed by atoms with Gasteiger partial charge in [-0.1, -0.05) is 24.3 Å². The molecule has 7 heteroatoms. The van der Waals surface area contributed by atoms with Gasteiger partial charge in [0, 0.05) is 25.0 Å². The van der Waals surface area contributed by atoms with Crippen molar-refractivity contribution in [1.82, 2.24) is 15.3 Å². The summed E-state index contributed by atoms with van der Waals surface area (Å²) in [5.74, 6) is 1.54. The lowest BCUT2D eigenvalue weighted by Gasteiger charge is -2.32. The Kier molecular flexibility index (Phi) is 5.62. The van der Waals surface area contributed by atoms with Crippen molar-refractivity contribution in [3.05, 3.63) is 60.4 Å². The minimum atomic E-state index is -0.104. The molecule has 4 aromatic rings. The maximum atomic E-state index is 12.9. The maximum absolute atomic E-state index is 12.9. The minimum Gasteiger partial charge on any atom is -0.494 e. The Morgan fingerprint density at radius 2 is 2.12 bits per heavy atom. The molecule has 1 atom stereocenters. The fraction of sp³-hybridized carbons (Fsp3) is 0.320. The number of ether oxygens (including phenoxy) is 1. The van der Waals surface area contributed by atoms with Crippen molar-refractivity contribution in [1.29, 1.82) is 0 Å². The van der Waals surface area contributed by atoms with E-state index < -0.39 is 0 Å². The Morgan fingerprint density at radius 1 is 1.22 bits per heavy atom. The van der Waals surface area contributed by atoms with Crippen molar-refractivity contribution >= 4 is 33.8 Å². The number of hydrogen-bond donors (Lipinski definition) is 1. The first kappa shape index (κ1) is 20.3. The summed E-state index contributed by atoms with van der Waals surface area (Å²) >= 11 is 0. The summed E-state index contributed by atoms with van der Waals surface area (Å²) in [6.45, 7) is 4.50. The molecule has 2 aromatic heterocycles. The predicted octanol–water partition coefficient (Wildman–Crippen LogP) is 4.31. The second kappa shape index (κ2) is 8.86. The number of nitrogens with zero attached hydrogens (tertiary/aromatic N) is 3. The van der Waals surface area contributed by atoms with Crippen LogP contribution in [0.5, 0.6) is 5.75 Å². The predicted molar refractivity (Wildman–Crippen MR) is 124 cm³/mol. The number of piperidine rings is 1. The van der Waals surface area contributed by atoms with Crippen LogP contribution in [0.3, 0.4) is 0 Å². The highest BCUT2D eigenvalue weighted by Crippen LogP contribution is 2.33. The van der Waals surface area contributed by atoms with E-state index in [2.05, 4.69) is 20.2 Å². The van der Waals surface area contributed by atoms with Gasteiger partial charge in [0.2, 0.25) is 5.91 Å². The summed E-state index contributed by atoms with van der Waals surface area (Å²) in [4.78, 5) is 24.0. The van der Waals surface area contributed by atoms with Crippen LogP contribution < -0.4 is 15.0 Å².